The second-order valence-corrected chi connectivity index (χ2v) is 6.78. The Kier molecular flexibility index (Phi) is 2.55. The Labute approximate surface area is 219 Å². The SMILES string of the molecule is [2H]c1c([2H])c(-n2nc(C(N)=O)c3c2C(=O)N(c2c([2H])c([2H])c(N4C(=O)C([2H])([2H])CCC4([2H])[2H])c([2H])c2[2H])C([2H])([2H])C3([2H])[2H])c([2H])c([2H])c1OC. The Hall–Kier alpha value is -4.14. The third-order valence-corrected chi connectivity index (χ3v) is 4.74. The molecule has 9 nitrogen and oxygen atoms in total. The van der Waals surface area contributed by atoms with E-state index in [0.717, 1.165) is 7.11 Å². The summed E-state index contributed by atoms with van der Waals surface area (Å²) in [5.74, 6) is -5.27. The fourth-order valence-corrected chi connectivity index (χ4v) is 3.19. The Morgan fingerprint density at radius 2 is 1.62 bits per heavy atom. The summed E-state index contributed by atoms with van der Waals surface area (Å²) >= 11 is 0. The van der Waals surface area contributed by atoms with Crippen molar-refractivity contribution in [2.75, 3.05) is 29.9 Å². The summed E-state index contributed by atoms with van der Waals surface area (Å²) in [5, 5.41) is 3.81. The van der Waals surface area contributed by atoms with Crippen LogP contribution in [0, 0.1) is 0 Å². The standard InChI is InChI=1S/C25H25N5O4/c1-34-19-11-9-18(10-12-19)30-23-20(22(27-30)24(26)32)13-15-29(25(23)33)17-7-5-16(6-8-17)28-14-3-2-4-21(28)31/h5-12H,2-4,13-15H2,1H3,(H2,26,32)/i4D2,5D,6D,7D,8D,9D,10D,11D,12D,13D2,14D2,15D2. The van der Waals surface area contributed by atoms with E-state index in [2.05, 4.69) is 5.10 Å². The molecule has 3 heterocycles. The molecule has 5 rings (SSSR count). The lowest BCUT2D eigenvalue weighted by Gasteiger charge is -2.29. The van der Waals surface area contributed by atoms with E-state index in [1.54, 1.807) is 0 Å². The number of primary amides is 1. The van der Waals surface area contributed by atoms with E-state index in [1.165, 1.54) is 0 Å². The van der Waals surface area contributed by atoms with Gasteiger partial charge in [0.2, 0.25) is 5.91 Å². The molecule has 0 aliphatic carbocycles. The molecule has 0 unspecified atom stereocenters. The summed E-state index contributed by atoms with van der Waals surface area (Å²) < 4.78 is 141. The van der Waals surface area contributed by atoms with E-state index in [-0.39, 0.29) is 9.80 Å². The molecule has 9 heteroatoms. The maximum Gasteiger partial charge on any atom is 0.277 e. The van der Waals surface area contributed by atoms with Crippen LogP contribution in [0.1, 0.15) is 67.7 Å². The second-order valence-electron chi connectivity index (χ2n) is 6.78. The lowest BCUT2D eigenvalue weighted by Crippen LogP contribution is -2.39. The van der Waals surface area contributed by atoms with Crippen LogP contribution in [0.15, 0.2) is 48.3 Å². The average molecular weight is 476 g/mol. The molecule has 174 valence electrons. The summed E-state index contributed by atoms with van der Waals surface area (Å²) in [7, 11) is 1.05. The molecule has 1 fully saturated rings. The number of methoxy groups -OCH3 is 1. The molecule has 0 atom stereocenters. The number of fused-ring (bicyclic) bond motifs is 1. The smallest absolute Gasteiger partial charge is 0.277 e. The number of carbonyl (C=O) groups excluding carboxylic acids is 3. The zero-order valence-electron chi connectivity index (χ0n) is 33.4. The van der Waals surface area contributed by atoms with E-state index in [1.807, 2.05) is 0 Å². The molecular formula is C25H25N5O4. The number of carbonyl (C=O) groups is 3. The molecule has 1 saturated heterocycles. The molecule has 0 radical (unpaired) electrons. The van der Waals surface area contributed by atoms with Gasteiger partial charge in [-0.3, -0.25) is 14.4 Å². The van der Waals surface area contributed by atoms with E-state index in [4.69, 9.17) is 32.4 Å². The van der Waals surface area contributed by atoms with Crippen LogP contribution in [-0.2, 0) is 11.2 Å². The summed E-state index contributed by atoms with van der Waals surface area (Å²) in [6, 6.07) is -8.45. The van der Waals surface area contributed by atoms with Crippen LogP contribution in [0.5, 0.6) is 5.75 Å². The number of rotatable bonds is 5. The molecule has 2 aliphatic rings. The molecule has 3 aromatic rings. The van der Waals surface area contributed by atoms with E-state index in [0.29, 0.717) is 4.68 Å². The number of piperidine rings is 1. The largest absolute Gasteiger partial charge is 0.497 e. The van der Waals surface area contributed by atoms with Crippen molar-refractivity contribution in [1.82, 2.24) is 9.78 Å². The van der Waals surface area contributed by atoms with Crippen molar-refractivity contribution in [2.24, 2.45) is 5.73 Å². The molecule has 34 heavy (non-hydrogen) atoms. The van der Waals surface area contributed by atoms with Gasteiger partial charge in [0.25, 0.3) is 11.8 Å². The van der Waals surface area contributed by atoms with Crippen molar-refractivity contribution in [3.05, 3.63) is 65.3 Å². The topological polar surface area (TPSA) is 111 Å². The monoisotopic (exact) mass is 475 g/mol. The van der Waals surface area contributed by atoms with Gasteiger partial charge < -0.3 is 20.3 Å². The van der Waals surface area contributed by atoms with Crippen LogP contribution in [0.2, 0.25) is 0 Å². The van der Waals surface area contributed by atoms with Crippen LogP contribution in [0.4, 0.5) is 11.4 Å². The maximum atomic E-state index is 14.4. The Bertz CT molecular complexity index is 1990. The highest BCUT2D eigenvalue weighted by Crippen LogP contribution is 2.31. The lowest BCUT2D eigenvalue weighted by molar-refractivity contribution is -0.119. The maximum absolute atomic E-state index is 14.4. The summed E-state index contributed by atoms with van der Waals surface area (Å²) in [6.07, 6.45) is -7.42. The lowest BCUT2D eigenvalue weighted by atomic mass is 10.0. The number of benzene rings is 2. The molecular weight excluding hydrogens is 434 g/mol. The predicted molar refractivity (Wildman–Crippen MR) is 127 cm³/mol. The van der Waals surface area contributed by atoms with Gasteiger partial charge in [-0.25, -0.2) is 4.68 Å². The number of nitrogens with two attached hydrogens (primary N) is 1. The summed E-state index contributed by atoms with van der Waals surface area (Å²) in [6.45, 7) is -6.43. The number of hydrogen-bond donors (Lipinski definition) is 1. The van der Waals surface area contributed by atoms with Gasteiger partial charge >= 0.3 is 0 Å². The molecule has 2 aromatic carbocycles. The molecule has 1 aromatic heterocycles. The van der Waals surface area contributed by atoms with Crippen molar-refractivity contribution in [3.63, 3.8) is 0 Å². The third-order valence-electron chi connectivity index (χ3n) is 4.74. The van der Waals surface area contributed by atoms with Crippen molar-refractivity contribution < 1.29 is 41.1 Å². The Morgan fingerprint density at radius 1 is 0.971 bits per heavy atom. The fraction of sp³-hybridized carbons (Fsp3) is 0.280. The van der Waals surface area contributed by atoms with Crippen molar-refractivity contribution in [1.29, 1.82) is 0 Å². The number of amides is 3. The molecule has 3 amide bonds. The highest BCUT2D eigenvalue weighted by atomic mass is 16.5. The van der Waals surface area contributed by atoms with Gasteiger partial charge in [0.1, 0.15) is 11.4 Å². The van der Waals surface area contributed by atoms with Crippen molar-refractivity contribution in [2.45, 2.75) is 25.6 Å². The second kappa shape index (κ2) is 8.66. The average Bonchev–Trinajstić information content (AvgIpc) is 3.42. The van der Waals surface area contributed by atoms with Gasteiger partial charge in [0.15, 0.2) is 5.69 Å². The van der Waals surface area contributed by atoms with Gasteiger partial charge in [-0.15, -0.1) is 0 Å². The minimum atomic E-state index is -3.71. The Morgan fingerprint density at radius 3 is 2.26 bits per heavy atom. The van der Waals surface area contributed by atoms with E-state index < -0.39 is 144 Å². The predicted octanol–water partition coefficient (Wildman–Crippen LogP) is 2.70. The fourth-order valence-electron chi connectivity index (χ4n) is 3.19. The van der Waals surface area contributed by atoms with Crippen molar-refractivity contribution in [3.8, 4) is 11.4 Å². The van der Waals surface area contributed by atoms with Gasteiger partial charge in [-0.2, -0.15) is 5.10 Å². The number of ether oxygens (including phenoxy) is 1. The first-order valence-electron chi connectivity index (χ1n) is 17.7. The van der Waals surface area contributed by atoms with Gasteiger partial charge in [0.05, 0.1) is 26.5 Å². The zero-order valence-corrected chi connectivity index (χ0v) is 17.4. The molecule has 0 spiro atoms. The highest BCUT2D eigenvalue weighted by Gasteiger charge is 2.34. The van der Waals surface area contributed by atoms with Crippen molar-refractivity contribution >= 4 is 29.1 Å². The summed E-state index contributed by atoms with van der Waals surface area (Å²) in [4.78, 5) is 40.0. The van der Waals surface area contributed by atoms with Crippen LogP contribution < -0.4 is 20.3 Å². The summed E-state index contributed by atoms with van der Waals surface area (Å²) in [5.41, 5.74) is -0.932. The van der Waals surface area contributed by atoms with E-state index in [9.17, 15) is 14.4 Å². The van der Waals surface area contributed by atoms with Gasteiger partial charge in [-0.1, -0.05) is 0 Å². The van der Waals surface area contributed by atoms with Crippen LogP contribution in [0.3, 0.4) is 0 Å². The zero-order chi connectivity index (χ0) is 38.0. The number of hydrogen-bond acceptors (Lipinski definition) is 5. The first-order chi connectivity index (χ1) is 22.8. The molecule has 2 N–H and O–H groups in total. The van der Waals surface area contributed by atoms with Crippen LogP contribution in [-0.4, -0.2) is 47.6 Å². The number of anilines is 2. The van der Waals surface area contributed by atoms with Gasteiger partial charge in [0, 0.05) is 44.5 Å². The minimum absolute atomic E-state index is 0.116. The molecule has 0 bridgehead atoms. The quantitative estimate of drug-likeness (QED) is 0.610. The van der Waals surface area contributed by atoms with Crippen LogP contribution >= 0.6 is 0 Å². The number of nitrogens with zero attached hydrogens (tertiary/aromatic N) is 4. The minimum Gasteiger partial charge on any atom is -0.497 e. The van der Waals surface area contributed by atoms with E-state index >= 15 is 0 Å². The normalized spacial score (nSPS) is 28.6. The van der Waals surface area contributed by atoms with Gasteiger partial charge in [-0.05, 0) is 67.6 Å². The van der Waals surface area contributed by atoms with Crippen LogP contribution in [0.25, 0.3) is 5.69 Å². The number of aromatic nitrogens is 2. The first kappa shape index (κ1) is 10.0. The molecule has 0 saturated carbocycles. The Balaban J connectivity index is 1.86. The first-order valence-corrected chi connectivity index (χ1v) is 9.68. The third kappa shape index (κ3) is 3.68. The highest BCUT2D eigenvalue weighted by molar-refractivity contribution is 6.09. The molecule has 2 aliphatic heterocycles.